The molecule has 3 heterocycles. The third kappa shape index (κ3) is 3.97. The summed E-state index contributed by atoms with van der Waals surface area (Å²) in [6.07, 6.45) is 2.99. The van der Waals surface area contributed by atoms with E-state index in [2.05, 4.69) is 26.3 Å². The highest BCUT2D eigenvalue weighted by Gasteiger charge is 2.34. The van der Waals surface area contributed by atoms with Crippen molar-refractivity contribution in [3.05, 3.63) is 47.4 Å². The Labute approximate surface area is 178 Å². The summed E-state index contributed by atoms with van der Waals surface area (Å²) in [5, 5.41) is 14.5. The number of aromatic nitrogens is 2. The van der Waals surface area contributed by atoms with Gasteiger partial charge in [0.15, 0.2) is 0 Å². The minimum atomic E-state index is -0.663. The van der Waals surface area contributed by atoms with Crippen LogP contribution in [-0.2, 0) is 22.6 Å². The zero-order valence-corrected chi connectivity index (χ0v) is 17.1. The first-order chi connectivity index (χ1) is 15.0. The monoisotopic (exact) mass is 425 g/mol. The number of aryl methyl sites for hydroxylation is 1. The van der Waals surface area contributed by atoms with Crippen molar-refractivity contribution in [3.8, 4) is 0 Å². The summed E-state index contributed by atoms with van der Waals surface area (Å²) < 4.78 is 14.9. The average Bonchev–Trinajstić information content (AvgIpc) is 3.38. The molecule has 1 saturated carbocycles. The van der Waals surface area contributed by atoms with Crippen LogP contribution in [0.4, 0.5) is 10.2 Å². The fraction of sp³-hybridized carbons (Fsp3) is 0.429. The molecule has 5 rings (SSSR count). The molecule has 0 saturated heterocycles. The summed E-state index contributed by atoms with van der Waals surface area (Å²) in [5.41, 5.74) is 4.81. The summed E-state index contributed by atoms with van der Waals surface area (Å²) in [7, 11) is 1.71. The van der Waals surface area contributed by atoms with E-state index in [1.165, 1.54) is 12.1 Å². The summed E-state index contributed by atoms with van der Waals surface area (Å²) >= 11 is 0. The lowest BCUT2D eigenvalue weighted by molar-refractivity contribution is -0.124. The second-order valence-electron chi connectivity index (χ2n) is 8.25. The van der Waals surface area contributed by atoms with Gasteiger partial charge in [0.1, 0.15) is 23.8 Å². The highest BCUT2D eigenvalue weighted by molar-refractivity contribution is 6.38. The first-order valence-corrected chi connectivity index (χ1v) is 10.5. The summed E-state index contributed by atoms with van der Waals surface area (Å²) in [4.78, 5) is 27.2. The Balaban J connectivity index is 1.19. The molecule has 1 fully saturated rings. The van der Waals surface area contributed by atoms with Gasteiger partial charge < -0.3 is 10.6 Å². The van der Waals surface area contributed by atoms with Crippen molar-refractivity contribution in [2.24, 2.45) is 5.10 Å². The summed E-state index contributed by atoms with van der Waals surface area (Å²) in [6, 6.07) is 7.48. The lowest BCUT2D eigenvalue weighted by atomic mass is 10.1. The van der Waals surface area contributed by atoms with E-state index in [0.29, 0.717) is 25.3 Å². The Kier molecular flexibility index (Phi) is 4.84. The molecule has 0 radical (unpaired) electrons. The van der Waals surface area contributed by atoms with Gasteiger partial charge in [0.2, 0.25) is 5.84 Å². The molecule has 1 aromatic carbocycles. The predicted molar refractivity (Wildman–Crippen MR) is 112 cm³/mol. The van der Waals surface area contributed by atoms with E-state index in [4.69, 9.17) is 0 Å². The molecule has 2 amide bonds. The number of benzene rings is 1. The van der Waals surface area contributed by atoms with Crippen LogP contribution in [0, 0.1) is 5.82 Å². The average molecular weight is 425 g/mol. The Bertz CT molecular complexity index is 1040. The van der Waals surface area contributed by atoms with Crippen molar-refractivity contribution >= 4 is 23.5 Å². The van der Waals surface area contributed by atoms with Crippen molar-refractivity contribution < 1.29 is 14.0 Å². The molecule has 9 nitrogen and oxygen atoms in total. The van der Waals surface area contributed by atoms with Crippen molar-refractivity contribution in [3.63, 3.8) is 0 Å². The van der Waals surface area contributed by atoms with E-state index in [1.807, 2.05) is 10.7 Å². The molecule has 162 valence electrons. The Morgan fingerprint density at radius 2 is 2.03 bits per heavy atom. The SMILES string of the molecule is CN1C(=O)[C@@H](NC(=O)C2=NNC(Cc3ccc(F)cc3)N2)CCn2nc(C3CC3)cc21. The number of nitrogens with zero attached hydrogens (tertiary/aromatic N) is 4. The number of amidine groups is 1. The second-order valence-corrected chi connectivity index (χ2v) is 8.25. The number of anilines is 1. The van der Waals surface area contributed by atoms with Crippen LogP contribution in [0.3, 0.4) is 0 Å². The highest BCUT2D eigenvalue weighted by atomic mass is 19.1. The third-order valence-corrected chi connectivity index (χ3v) is 5.89. The minimum absolute atomic E-state index is 0.126. The maximum atomic E-state index is 13.1. The van der Waals surface area contributed by atoms with Crippen molar-refractivity contribution in [2.75, 3.05) is 11.9 Å². The van der Waals surface area contributed by atoms with Crippen LogP contribution >= 0.6 is 0 Å². The lowest BCUT2D eigenvalue weighted by Gasteiger charge is -2.20. The number of amides is 2. The molecule has 3 aliphatic rings. The molecule has 1 aromatic heterocycles. The van der Waals surface area contributed by atoms with Crippen LogP contribution in [0.2, 0.25) is 0 Å². The molecule has 2 aromatic rings. The number of hydrogen-bond donors (Lipinski definition) is 3. The van der Waals surface area contributed by atoms with E-state index >= 15 is 0 Å². The van der Waals surface area contributed by atoms with E-state index in [1.54, 1.807) is 24.1 Å². The molecule has 2 atom stereocenters. The van der Waals surface area contributed by atoms with E-state index in [0.717, 1.165) is 29.9 Å². The summed E-state index contributed by atoms with van der Waals surface area (Å²) in [5.74, 6) is 0.487. The fourth-order valence-electron chi connectivity index (χ4n) is 3.96. The number of hydrogen-bond acceptors (Lipinski definition) is 6. The van der Waals surface area contributed by atoms with Crippen LogP contribution in [0.1, 0.15) is 36.4 Å². The zero-order valence-electron chi connectivity index (χ0n) is 17.1. The van der Waals surface area contributed by atoms with Crippen LogP contribution < -0.4 is 21.0 Å². The summed E-state index contributed by atoms with van der Waals surface area (Å²) in [6.45, 7) is 0.550. The van der Waals surface area contributed by atoms with Crippen molar-refractivity contribution in [1.82, 2.24) is 25.8 Å². The van der Waals surface area contributed by atoms with Gasteiger partial charge in [-0.1, -0.05) is 12.1 Å². The molecular weight excluding hydrogens is 401 g/mol. The standard InChI is InChI=1S/C21H24FN7O2/c1-28-18-11-16(13-4-5-13)27-29(18)9-8-15(21(28)31)23-20(30)19-24-17(25-26-19)10-12-2-6-14(22)7-3-12/h2-3,6-7,11,13,15,17,25H,4-5,8-10H2,1H3,(H,23,30)(H,24,26)/t15-,17?/m0/s1. The van der Waals surface area contributed by atoms with Gasteiger partial charge in [-0.3, -0.25) is 19.9 Å². The largest absolute Gasteiger partial charge is 0.343 e. The minimum Gasteiger partial charge on any atom is -0.343 e. The van der Waals surface area contributed by atoms with Gasteiger partial charge in [-0.05, 0) is 37.0 Å². The number of nitrogens with one attached hydrogen (secondary N) is 3. The topological polar surface area (TPSA) is 104 Å². The maximum absolute atomic E-state index is 13.1. The number of halogens is 1. The normalized spacial score (nSPS) is 22.8. The second kappa shape index (κ2) is 7.68. The van der Waals surface area contributed by atoms with E-state index in [9.17, 15) is 14.0 Å². The van der Waals surface area contributed by atoms with Gasteiger partial charge in [0, 0.05) is 32.0 Å². The van der Waals surface area contributed by atoms with Gasteiger partial charge >= 0.3 is 0 Å². The fourth-order valence-corrected chi connectivity index (χ4v) is 3.96. The first kappa shape index (κ1) is 19.5. The maximum Gasteiger partial charge on any atom is 0.289 e. The Morgan fingerprint density at radius 1 is 1.26 bits per heavy atom. The van der Waals surface area contributed by atoms with Crippen molar-refractivity contribution in [1.29, 1.82) is 0 Å². The van der Waals surface area contributed by atoms with Gasteiger partial charge in [-0.2, -0.15) is 10.2 Å². The number of likely N-dealkylation sites (N-methyl/N-ethyl adjacent to an activating group) is 1. The van der Waals surface area contributed by atoms with E-state index < -0.39 is 11.9 Å². The van der Waals surface area contributed by atoms with Crippen LogP contribution in [0.25, 0.3) is 0 Å². The Hall–Kier alpha value is -3.43. The smallest absolute Gasteiger partial charge is 0.289 e. The predicted octanol–water partition coefficient (Wildman–Crippen LogP) is 0.826. The molecule has 1 aliphatic carbocycles. The van der Waals surface area contributed by atoms with E-state index in [-0.39, 0.29) is 23.7 Å². The van der Waals surface area contributed by atoms with Crippen molar-refractivity contribution in [2.45, 2.75) is 50.4 Å². The molecule has 3 N–H and O–H groups in total. The van der Waals surface area contributed by atoms with Gasteiger partial charge in [0.05, 0.1) is 5.69 Å². The lowest BCUT2D eigenvalue weighted by Crippen LogP contribution is -2.51. The molecule has 10 heteroatoms. The number of rotatable bonds is 5. The van der Waals surface area contributed by atoms with Crippen LogP contribution in [-0.4, -0.2) is 46.7 Å². The van der Waals surface area contributed by atoms with Crippen LogP contribution in [0.5, 0.6) is 0 Å². The molecule has 31 heavy (non-hydrogen) atoms. The molecule has 0 spiro atoms. The molecular formula is C21H24FN7O2. The molecule has 0 bridgehead atoms. The number of hydrazone groups is 1. The molecule has 1 unspecified atom stereocenters. The van der Waals surface area contributed by atoms with Gasteiger partial charge in [0.25, 0.3) is 11.8 Å². The number of carbonyl (C=O) groups excluding carboxylic acids is 2. The molecule has 2 aliphatic heterocycles. The zero-order chi connectivity index (χ0) is 21.5. The quantitative estimate of drug-likeness (QED) is 0.658. The van der Waals surface area contributed by atoms with Crippen LogP contribution in [0.15, 0.2) is 35.4 Å². The van der Waals surface area contributed by atoms with Gasteiger partial charge in [-0.15, -0.1) is 0 Å². The first-order valence-electron chi connectivity index (χ1n) is 10.5. The van der Waals surface area contributed by atoms with Gasteiger partial charge in [-0.25, -0.2) is 9.07 Å². The number of fused-ring (bicyclic) bond motifs is 1. The highest BCUT2D eigenvalue weighted by Crippen LogP contribution is 2.40. The third-order valence-electron chi connectivity index (χ3n) is 5.89. The number of carbonyl (C=O) groups is 2. The Morgan fingerprint density at radius 3 is 2.77 bits per heavy atom.